The Morgan fingerprint density at radius 3 is 1.86 bits per heavy atom. The molecule has 0 bridgehead atoms. The number of benzene rings is 3. The van der Waals surface area contributed by atoms with Crippen molar-refractivity contribution in [1.82, 2.24) is 5.32 Å². The molecule has 3 rings (SSSR count). The number of halogens is 6. The van der Waals surface area contributed by atoms with Gasteiger partial charge in [0.1, 0.15) is 0 Å². The van der Waals surface area contributed by atoms with Crippen molar-refractivity contribution < 1.29 is 35.9 Å². The van der Waals surface area contributed by atoms with Gasteiger partial charge in [0, 0.05) is 12.0 Å². The molecule has 1 atom stereocenters. The van der Waals surface area contributed by atoms with Gasteiger partial charge in [-0.15, -0.1) is 0 Å². The monoisotopic (exact) mass is 510 g/mol. The third-order valence-corrected chi connectivity index (χ3v) is 5.56. The Kier molecular flexibility index (Phi) is 8.75. The van der Waals surface area contributed by atoms with Gasteiger partial charge in [-0.25, -0.2) is 0 Å². The lowest BCUT2D eigenvalue weighted by molar-refractivity contribution is -0.144. The number of rotatable bonds is 10. The SMILES string of the molecule is NC(=O)CNC(COCc1ccc(C(F)(F)F)cc1C(F)(F)F)C(c1ccccc1)c1ccccc1. The first-order valence-electron chi connectivity index (χ1n) is 10.9. The number of nitrogens with one attached hydrogen (secondary N) is 1. The summed E-state index contributed by atoms with van der Waals surface area (Å²) >= 11 is 0. The first kappa shape index (κ1) is 27.2. The van der Waals surface area contributed by atoms with E-state index in [-0.39, 0.29) is 25.1 Å². The van der Waals surface area contributed by atoms with Crippen LogP contribution in [0.25, 0.3) is 0 Å². The van der Waals surface area contributed by atoms with Crippen molar-refractivity contribution in [3.63, 3.8) is 0 Å². The van der Waals surface area contributed by atoms with Crippen LogP contribution in [0.4, 0.5) is 26.3 Å². The van der Waals surface area contributed by atoms with Gasteiger partial charge < -0.3 is 15.8 Å². The van der Waals surface area contributed by atoms with E-state index in [0.29, 0.717) is 6.07 Å². The molecule has 0 aliphatic heterocycles. The molecule has 192 valence electrons. The van der Waals surface area contributed by atoms with Crippen molar-refractivity contribution in [1.29, 1.82) is 0 Å². The number of carbonyl (C=O) groups excluding carboxylic acids is 1. The topological polar surface area (TPSA) is 64.4 Å². The maximum absolute atomic E-state index is 13.5. The van der Waals surface area contributed by atoms with Gasteiger partial charge in [0.2, 0.25) is 5.91 Å². The number of alkyl halides is 6. The smallest absolute Gasteiger partial charge is 0.375 e. The molecule has 0 aliphatic carbocycles. The second-order valence-electron chi connectivity index (χ2n) is 8.14. The maximum atomic E-state index is 13.5. The normalized spacial score (nSPS) is 13.1. The highest BCUT2D eigenvalue weighted by atomic mass is 19.4. The fraction of sp³-hybridized carbons (Fsp3) is 0.269. The summed E-state index contributed by atoms with van der Waals surface area (Å²) in [5, 5.41) is 3.01. The van der Waals surface area contributed by atoms with Gasteiger partial charge in [-0.3, -0.25) is 4.79 Å². The predicted molar refractivity (Wildman–Crippen MR) is 122 cm³/mol. The minimum absolute atomic E-state index is 0.0816. The highest BCUT2D eigenvalue weighted by Crippen LogP contribution is 2.37. The molecule has 3 aromatic carbocycles. The van der Waals surface area contributed by atoms with Gasteiger partial charge in [0.15, 0.2) is 0 Å². The molecular formula is C26H24F6N2O2. The van der Waals surface area contributed by atoms with Crippen LogP contribution in [0.15, 0.2) is 78.9 Å². The fourth-order valence-electron chi connectivity index (χ4n) is 3.92. The number of primary amides is 1. The largest absolute Gasteiger partial charge is 0.416 e. The highest BCUT2D eigenvalue weighted by Gasteiger charge is 2.38. The maximum Gasteiger partial charge on any atom is 0.416 e. The molecule has 10 heteroatoms. The Bertz CT molecular complexity index is 1100. The van der Waals surface area contributed by atoms with E-state index in [0.717, 1.165) is 17.2 Å². The quantitative estimate of drug-likeness (QED) is 0.353. The van der Waals surface area contributed by atoms with Crippen LogP contribution in [0.5, 0.6) is 0 Å². The van der Waals surface area contributed by atoms with Crippen LogP contribution in [0.3, 0.4) is 0 Å². The van der Waals surface area contributed by atoms with Crippen LogP contribution in [0.1, 0.15) is 33.7 Å². The zero-order valence-corrected chi connectivity index (χ0v) is 18.9. The van der Waals surface area contributed by atoms with E-state index in [9.17, 15) is 31.1 Å². The summed E-state index contributed by atoms with van der Waals surface area (Å²) in [6.07, 6.45) is -9.91. The van der Waals surface area contributed by atoms with Crippen molar-refractivity contribution in [2.24, 2.45) is 5.73 Å². The van der Waals surface area contributed by atoms with Crippen LogP contribution in [0.2, 0.25) is 0 Å². The number of ether oxygens (including phenoxy) is 1. The average Bonchev–Trinajstić information content (AvgIpc) is 2.82. The van der Waals surface area contributed by atoms with Gasteiger partial charge in [-0.2, -0.15) is 26.3 Å². The van der Waals surface area contributed by atoms with Gasteiger partial charge in [0.05, 0.1) is 30.9 Å². The Labute approximate surface area is 204 Å². The number of hydrogen-bond acceptors (Lipinski definition) is 3. The van der Waals surface area contributed by atoms with Crippen molar-refractivity contribution in [2.75, 3.05) is 13.2 Å². The Hall–Kier alpha value is -3.37. The molecule has 1 amide bonds. The summed E-state index contributed by atoms with van der Waals surface area (Å²) in [6, 6.07) is 19.3. The summed E-state index contributed by atoms with van der Waals surface area (Å²) in [6.45, 7) is -0.948. The third-order valence-electron chi connectivity index (χ3n) is 5.56. The lowest BCUT2D eigenvalue weighted by atomic mass is 9.85. The molecule has 4 nitrogen and oxygen atoms in total. The minimum Gasteiger partial charge on any atom is -0.375 e. The molecule has 0 radical (unpaired) electrons. The molecule has 0 heterocycles. The van der Waals surface area contributed by atoms with E-state index in [1.807, 2.05) is 60.7 Å². The van der Waals surface area contributed by atoms with E-state index >= 15 is 0 Å². The van der Waals surface area contributed by atoms with E-state index in [2.05, 4.69) is 5.32 Å². The molecule has 0 saturated heterocycles. The van der Waals surface area contributed by atoms with Crippen molar-refractivity contribution in [3.8, 4) is 0 Å². The second-order valence-corrected chi connectivity index (χ2v) is 8.14. The molecule has 0 aliphatic rings. The molecular weight excluding hydrogens is 486 g/mol. The van der Waals surface area contributed by atoms with Crippen LogP contribution in [-0.2, 0) is 28.5 Å². The van der Waals surface area contributed by atoms with E-state index in [1.54, 1.807) is 0 Å². The van der Waals surface area contributed by atoms with Crippen LogP contribution < -0.4 is 11.1 Å². The summed E-state index contributed by atoms with van der Waals surface area (Å²) in [5.41, 5.74) is 3.78. The van der Waals surface area contributed by atoms with Gasteiger partial charge in [0.25, 0.3) is 0 Å². The molecule has 3 N–H and O–H groups in total. The number of hydrogen-bond donors (Lipinski definition) is 2. The molecule has 0 fully saturated rings. The van der Waals surface area contributed by atoms with Gasteiger partial charge >= 0.3 is 12.4 Å². The zero-order chi connectivity index (χ0) is 26.3. The average molecular weight is 510 g/mol. The zero-order valence-electron chi connectivity index (χ0n) is 18.9. The standard InChI is InChI=1S/C26H24F6N2O2/c27-25(28,29)20-12-11-19(21(13-20)26(30,31)32)15-36-16-22(34-14-23(33)35)24(17-7-3-1-4-8-17)18-9-5-2-6-10-18/h1-13,22,24,34H,14-16H2,(H2,33,35). The Morgan fingerprint density at radius 1 is 0.833 bits per heavy atom. The van der Waals surface area contributed by atoms with Crippen molar-refractivity contribution in [3.05, 3.63) is 107 Å². The number of amides is 1. The highest BCUT2D eigenvalue weighted by molar-refractivity contribution is 5.75. The van der Waals surface area contributed by atoms with Crippen molar-refractivity contribution >= 4 is 5.91 Å². The van der Waals surface area contributed by atoms with Crippen LogP contribution in [-0.4, -0.2) is 25.1 Å². The Morgan fingerprint density at radius 2 is 1.39 bits per heavy atom. The van der Waals surface area contributed by atoms with Gasteiger partial charge in [-0.05, 0) is 28.8 Å². The lowest BCUT2D eigenvalue weighted by Crippen LogP contribution is -2.43. The minimum atomic E-state index is -5.00. The molecule has 0 spiro atoms. The summed E-state index contributed by atoms with van der Waals surface area (Å²) in [7, 11) is 0. The molecule has 0 aromatic heterocycles. The fourth-order valence-corrected chi connectivity index (χ4v) is 3.92. The van der Waals surface area contributed by atoms with Crippen molar-refractivity contribution in [2.45, 2.75) is 30.9 Å². The van der Waals surface area contributed by atoms with Crippen LogP contribution in [0, 0.1) is 0 Å². The Balaban J connectivity index is 1.88. The number of carbonyl (C=O) groups is 1. The molecule has 36 heavy (non-hydrogen) atoms. The molecule has 0 saturated carbocycles. The number of nitrogens with two attached hydrogens (primary N) is 1. The first-order chi connectivity index (χ1) is 17.0. The van der Waals surface area contributed by atoms with E-state index < -0.39 is 47.6 Å². The molecule has 3 aromatic rings. The van der Waals surface area contributed by atoms with E-state index in [1.165, 1.54) is 0 Å². The van der Waals surface area contributed by atoms with Crippen LogP contribution >= 0.6 is 0 Å². The third kappa shape index (κ3) is 7.32. The summed E-state index contributed by atoms with van der Waals surface area (Å²) in [5.74, 6) is -0.997. The molecule has 1 unspecified atom stereocenters. The summed E-state index contributed by atoms with van der Waals surface area (Å²) < 4.78 is 85.0. The predicted octanol–water partition coefficient (Wildman–Crippen LogP) is 5.52. The second kappa shape index (κ2) is 11.6. The summed E-state index contributed by atoms with van der Waals surface area (Å²) in [4.78, 5) is 11.5. The first-order valence-corrected chi connectivity index (χ1v) is 10.9. The van der Waals surface area contributed by atoms with E-state index in [4.69, 9.17) is 10.5 Å². The lowest BCUT2D eigenvalue weighted by Gasteiger charge is -2.29. The van der Waals surface area contributed by atoms with Gasteiger partial charge in [-0.1, -0.05) is 66.7 Å².